The maximum atomic E-state index is 4.87. The molecular weight excluding hydrogens is 244 g/mol. The van der Waals surface area contributed by atoms with E-state index in [2.05, 4.69) is 63.3 Å². The van der Waals surface area contributed by atoms with E-state index in [1.54, 1.807) is 0 Å². The van der Waals surface area contributed by atoms with Crippen LogP contribution < -0.4 is 5.32 Å². The Morgan fingerprint density at radius 3 is 2.65 bits per heavy atom. The Hall–Kier alpha value is -1.41. The summed E-state index contributed by atoms with van der Waals surface area (Å²) >= 11 is 0. The third-order valence-electron chi connectivity index (χ3n) is 3.89. The van der Waals surface area contributed by atoms with Crippen molar-refractivity contribution >= 4 is 10.9 Å². The van der Waals surface area contributed by atoms with Crippen molar-refractivity contribution < 1.29 is 0 Å². The van der Waals surface area contributed by atoms with E-state index in [1.165, 1.54) is 23.1 Å². The first-order valence-electron chi connectivity index (χ1n) is 7.70. The van der Waals surface area contributed by atoms with Crippen LogP contribution >= 0.6 is 0 Å². The van der Waals surface area contributed by atoms with E-state index in [4.69, 9.17) is 4.98 Å². The van der Waals surface area contributed by atoms with Gasteiger partial charge in [0.25, 0.3) is 0 Å². The van der Waals surface area contributed by atoms with Gasteiger partial charge in [0, 0.05) is 23.5 Å². The Morgan fingerprint density at radius 2 is 1.95 bits per heavy atom. The zero-order valence-electron chi connectivity index (χ0n) is 13.1. The molecule has 2 heteroatoms. The first kappa shape index (κ1) is 15.0. The summed E-state index contributed by atoms with van der Waals surface area (Å²) in [5.74, 6) is 0.620. The SMILES string of the molecule is CCCNC(Cc1nc2ccccc2cc1C)C(C)C. The summed E-state index contributed by atoms with van der Waals surface area (Å²) in [6.45, 7) is 10.0. The first-order valence-corrected chi connectivity index (χ1v) is 7.70. The molecule has 1 unspecified atom stereocenters. The molecule has 1 N–H and O–H groups in total. The highest BCUT2D eigenvalue weighted by Gasteiger charge is 2.15. The van der Waals surface area contributed by atoms with Gasteiger partial charge in [-0.25, -0.2) is 0 Å². The molecule has 2 aromatic rings. The number of rotatable bonds is 6. The van der Waals surface area contributed by atoms with Crippen molar-refractivity contribution in [3.05, 3.63) is 41.6 Å². The van der Waals surface area contributed by atoms with Crippen molar-refractivity contribution in [1.29, 1.82) is 0 Å². The van der Waals surface area contributed by atoms with Crippen molar-refractivity contribution in [2.75, 3.05) is 6.54 Å². The number of nitrogens with zero attached hydrogens (tertiary/aromatic N) is 1. The van der Waals surface area contributed by atoms with E-state index < -0.39 is 0 Å². The smallest absolute Gasteiger partial charge is 0.0705 e. The van der Waals surface area contributed by atoms with Crippen LogP contribution in [0.25, 0.3) is 10.9 Å². The molecule has 0 aliphatic carbocycles. The molecular formula is C18H26N2. The number of nitrogens with one attached hydrogen (secondary N) is 1. The predicted octanol–water partition coefficient (Wildman–Crippen LogP) is 4.11. The second kappa shape index (κ2) is 6.85. The lowest BCUT2D eigenvalue weighted by atomic mass is 9.96. The number of benzene rings is 1. The quantitative estimate of drug-likeness (QED) is 0.854. The molecule has 0 spiro atoms. The molecule has 0 radical (unpaired) electrons. The molecule has 0 aliphatic rings. The van der Waals surface area contributed by atoms with Gasteiger partial charge in [0.15, 0.2) is 0 Å². The molecule has 20 heavy (non-hydrogen) atoms. The summed E-state index contributed by atoms with van der Waals surface area (Å²) < 4.78 is 0. The van der Waals surface area contributed by atoms with Gasteiger partial charge in [0.2, 0.25) is 0 Å². The number of para-hydroxylation sites is 1. The Kier molecular flexibility index (Phi) is 5.13. The number of fused-ring (bicyclic) bond motifs is 1. The molecule has 1 heterocycles. The lowest BCUT2D eigenvalue weighted by Gasteiger charge is -2.23. The minimum atomic E-state index is 0.502. The van der Waals surface area contributed by atoms with Gasteiger partial charge in [0.1, 0.15) is 0 Å². The van der Waals surface area contributed by atoms with E-state index in [0.717, 1.165) is 18.5 Å². The minimum Gasteiger partial charge on any atom is -0.313 e. The van der Waals surface area contributed by atoms with Crippen molar-refractivity contribution in [2.45, 2.75) is 46.6 Å². The standard InChI is InChI=1S/C18H26N2/c1-5-10-19-17(13(2)3)12-18-14(4)11-15-8-6-7-9-16(15)20-18/h6-9,11,13,17,19H,5,10,12H2,1-4H3. The minimum absolute atomic E-state index is 0.502. The molecule has 1 aromatic carbocycles. The Bertz CT molecular complexity index is 560. The summed E-state index contributed by atoms with van der Waals surface area (Å²) in [5.41, 5.74) is 3.63. The molecule has 0 saturated heterocycles. The van der Waals surface area contributed by atoms with Crippen LogP contribution in [-0.4, -0.2) is 17.6 Å². The average molecular weight is 270 g/mol. The van der Waals surface area contributed by atoms with E-state index in [-0.39, 0.29) is 0 Å². The lowest BCUT2D eigenvalue weighted by Crippen LogP contribution is -2.36. The van der Waals surface area contributed by atoms with Gasteiger partial charge < -0.3 is 5.32 Å². The molecule has 1 atom stereocenters. The molecule has 0 fully saturated rings. The van der Waals surface area contributed by atoms with E-state index in [1.807, 2.05) is 0 Å². The van der Waals surface area contributed by atoms with Crippen molar-refractivity contribution in [2.24, 2.45) is 5.92 Å². The molecule has 2 rings (SSSR count). The maximum absolute atomic E-state index is 4.87. The number of hydrogen-bond donors (Lipinski definition) is 1. The summed E-state index contributed by atoms with van der Waals surface area (Å²) in [6, 6.07) is 11.1. The Labute approximate surface area is 122 Å². The molecule has 1 aromatic heterocycles. The van der Waals surface area contributed by atoms with Gasteiger partial charge in [-0.1, -0.05) is 39.0 Å². The van der Waals surface area contributed by atoms with Crippen molar-refractivity contribution in [1.82, 2.24) is 10.3 Å². The lowest BCUT2D eigenvalue weighted by molar-refractivity contribution is 0.394. The van der Waals surface area contributed by atoms with E-state index in [9.17, 15) is 0 Å². The van der Waals surface area contributed by atoms with Gasteiger partial charge >= 0.3 is 0 Å². The van der Waals surface area contributed by atoms with Gasteiger partial charge in [-0.3, -0.25) is 4.98 Å². The zero-order valence-corrected chi connectivity index (χ0v) is 13.1. The summed E-state index contributed by atoms with van der Waals surface area (Å²) in [6.07, 6.45) is 2.18. The average Bonchev–Trinajstić information content (AvgIpc) is 2.43. The summed E-state index contributed by atoms with van der Waals surface area (Å²) in [7, 11) is 0. The fraction of sp³-hybridized carbons (Fsp3) is 0.500. The van der Waals surface area contributed by atoms with E-state index in [0.29, 0.717) is 12.0 Å². The van der Waals surface area contributed by atoms with Crippen LogP contribution in [0.1, 0.15) is 38.4 Å². The Morgan fingerprint density at radius 1 is 1.20 bits per heavy atom. The fourth-order valence-electron chi connectivity index (χ4n) is 2.55. The van der Waals surface area contributed by atoms with Gasteiger partial charge in [-0.2, -0.15) is 0 Å². The normalized spacial score (nSPS) is 13.1. The van der Waals surface area contributed by atoms with Crippen LogP contribution in [0.4, 0.5) is 0 Å². The maximum Gasteiger partial charge on any atom is 0.0705 e. The van der Waals surface area contributed by atoms with Crippen molar-refractivity contribution in [3.8, 4) is 0 Å². The monoisotopic (exact) mass is 270 g/mol. The highest BCUT2D eigenvalue weighted by atomic mass is 14.9. The molecule has 2 nitrogen and oxygen atoms in total. The number of aryl methyl sites for hydroxylation is 1. The number of hydrogen-bond acceptors (Lipinski definition) is 2. The Balaban J connectivity index is 2.24. The highest BCUT2D eigenvalue weighted by molar-refractivity contribution is 5.79. The number of pyridine rings is 1. The summed E-state index contributed by atoms with van der Waals surface area (Å²) in [5, 5.41) is 4.89. The van der Waals surface area contributed by atoms with Crippen LogP contribution in [0.2, 0.25) is 0 Å². The zero-order chi connectivity index (χ0) is 14.5. The van der Waals surface area contributed by atoms with Gasteiger partial charge in [-0.15, -0.1) is 0 Å². The van der Waals surface area contributed by atoms with Crippen LogP contribution in [0, 0.1) is 12.8 Å². The van der Waals surface area contributed by atoms with E-state index >= 15 is 0 Å². The number of aromatic nitrogens is 1. The fourth-order valence-corrected chi connectivity index (χ4v) is 2.55. The van der Waals surface area contributed by atoms with Crippen LogP contribution in [0.3, 0.4) is 0 Å². The van der Waals surface area contributed by atoms with Crippen molar-refractivity contribution in [3.63, 3.8) is 0 Å². The molecule has 0 amide bonds. The third-order valence-corrected chi connectivity index (χ3v) is 3.89. The van der Waals surface area contributed by atoms with Crippen LogP contribution in [-0.2, 0) is 6.42 Å². The second-order valence-corrected chi connectivity index (χ2v) is 5.95. The molecule has 0 saturated carbocycles. The van der Waals surface area contributed by atoms with Gasteiger partial charge in [-0.05, 0) is 43.5 Å². The largest absolute Gasteiger partial charge is 0.313 e. The van der Waals surface area contributed by atoms with Crippen LogP contribution in [0.15, 0.2) is 30.3 Å². The highest BCUT2D eigenvalue weighted by Crippen LogP contribution is 2.18. The topological polar surface area (TPSA) is 24.9 Å². The first-order chi connectivity index (χ1) is 9.61. The van der Waals surface area contributed by atoms with Crippen LogP contribution in [0.5, 0.6) is 0 Å². The molecule has 0 aliphatic heterocycles. The summed E-state index contributed by atoms with van der Waals surface area (Å²) in [4.78, 5) is 4.87. The molecule has 108 valence electrons. The molecule has 0 bridgehead atoms. The predicted molar refractivity (Wildman–Crippen MR) is 87.1 cm³/mol. The third kappa shape index (κ3) is 3.57. The second-order valence-electron chi connectivity index (χ2n) is 5.95. The van der Waals surface area contributed by atoms with Gasteiger partial charge in [0.05, 0.1) is 5.52 Å².